The molecule has 0 aliphatic heterocycles. The van der Waals surface area contributed by atoms with Crippen molar-refractivity contribution in [3.05, 3.63) is 45.7 Å². The maximum atomic E-state index is 11.8. The largest absolute Gasteiger partial charge is 0.477 e. The molecule has 0 unspecified atom stereocenters. The molecule has 1 heterocycles. The Morgan fingerprint density at radius 1 is 1.32 bits per heavy atom. The SMILES string of the molecule is CSc1nc(-c2ccc(C)cc2)c(C(=O)O)c(=O)[nH]1. The number of benzene rings is 1. The maximum Gasteiger partial charge on any atom is 0.343 e. The van der Waals surface area contributed by atoms with Crippen LogP contribution in [-0.4, -0.2) is 27.3 Å². The lowest BCUT2D eigenvalue weighted by Crippen LogP contribution is -2.21. The molecule has 1 aromatic carbocycles. The van der Waals surface area contributed by atoms with E-state index in [4.69, 9.17) is 5.11 Å². The van der Waals surface area contributed by atoms with Gasteiger partial charge < -0.3 is 10.1 Å². The molecule has 0 radical (unpaired) electrons. The average molecular weight is 276 g/mol. The molecule has 0 saturated heterocycles. The molecule has 0 saturated carbocycles. The highest BCUT2D eigenvalue weighted by atomic mass is 32.2. The number of H-pyrrole nitrogens is 1. The lowest BCUT2D eigenvalue weighted by Gasteiger charge is -2.07. The number of carboxylic acids is 1. The highest BCUT2D eigenvalue weighted by Crippen LogP contribution is 2.21. The zero-order valence-corrected chi connectivity index (χ0v) is 11.2. The van der Waals surface area contributed by atoms with E-state index < -0.39 is 11.5 Å². The van der Waals surface area contributed by atoms with Gasteiger partial charge in [0.25, 0.3) is 5.56 Å². The smallest absolute Gasteiger partial charge is 0.343 e. The zero-order valence-electron chi connectivity index (χ0n) is 10.4. The van der Waals surface area contributed by atoms with Gasteiger partial charge in [-0.3, -0.25) is 4.79 Å². The van der Waals surface area contributed by atoms with Gasteiger partial charge in [-0.15, -0.1) is 0 Å². The molecular formula is C13H12N2O3S. The van der Waals surface area contributed by atoms with Crippen molar-refractivity contribution in [2.45, 2.75) is 12.1 Å². The predicted octanol–water partition coefficient (Wildman–Crippen LogP) is 2.17. The summed E-state index contributed by atoms with van der Waals surface area (Å²) in [4.78, 5) is 29.7. The molecule has 2 aromatic rings. The Morgan fingerprint density at radius 2 is 1.95 bits per heavy atom. The Labute approximate surface area is 113 Å². The highest BCUT2D eigenvalue weighted by Gasteiger charge is 2.19. The third kappa shape index (κ3) is 2.68. The molecule has 0 atom stereocenters. The monoisotopic (exact) mass is 276 g/mol. The number of aryl methyl sites for hydroxylation is 1. The first kappa shape index (κ1) is 13.4. The highest BCUT2D eigenvalue weighted by molar-refractivity contribution is 7.98. The molecule has 0 spiro atoms. The number of nitrogens with zero attached hydrogens (tertiary/aromatic N) is 1. The summed E-state index contributed by atoms with van der Waals surface area (Å²) >= 11 is 1.26. The second-order valence-electron chi connectivity index (χ2n) is 3.97. The van der Waals surface area contributed by atoms with E-state index >= 15 is 0 Å². The van der Waals surface area contributed by atoms with E-state index in [9.17, 15) is 9.59 Å². The van der Waals surface area contributed by atoms with Gasteiger partial charge in [-0.05, 0) is 13.2 Å². The molecule has 1 aromatic heterocycles. The van der Waals surface area contributed by atoms with Crippen molar-refractivity contribution in [3.63, 3.8) is 0 Å². The van der Waals surface area contributed by atoms with Crippen LogP contribution in [0.5, 0.6) is 0 Å². The molecule has 0 aliphatic rings. The second kappa shape index (κ2) is 5.27. The van der Waals surface area contributed by atoms with Gasteiger partial charge in [-0.1, -0.05) is 41.6 Å². The number of carbonyl (C=O) groups is 1. The van der Waals surface area contributed by atoms with Crippen LogP contribution in [0.4, 0.5) is 0 Å². The van der Waals surface area contributed by atoms with E-state index in [0.29, 0.717) is 10.7 Å². The summed E-state index contributed by atoms with van der Waals surface area (Å²) in [5.41, 5.74) is 0.893. The number of thioether (sulfide) groups is 1. The van der Waals surface area contributed by atoms with Gasteiger partial charge in [0, 0.05) is 5.56 Å². The quantitative estimate of drug-likeness (QED) is 0.663. The number of hydrogen-bond donors (Lipinski definition) is 2. The Balaban J connectivity index is 2.72. The van der Waals surface area contributed by atoms with E-state index in [2.05, 4.69) is 9.97 Å². The molecule has 0 aliphatic carbocycles. The molecule has 0 fully saturated rings. The van der Waals surface area contributed by atoms with Crippen LogP contribution in [0.15, 0.2) is 34.2 Å². The van der Waals surface area contributed by atoms with E-state index in [0.717, 1.165) is 5.56 Å². The summed E-state index contributed by atoms with van der Waals surface area (Å²) in [6, 6.07) is 7.21. The first-order valence-electron chi connectivity index (χ1n) is 5.51. The van der Waals surface area contributed by atoms with E-state index in [1.807, 2.05) is 19.1 Å². The number of hydrogen-bond acceptors (Lipinski definition) is 4. The summed E-state index contributed by atoms with van der Waals surface area (Å²) in [5, 5.41) is 9.55. The second-order valence-corrected chi connectivity index (χ2v) is 4.76. The van der Waals surface area contributed by atoms with E-state index in [1.54, 1.807) is 18.4 Å². The summed E-state index contributed by atoms with van der Waals surface area (Å²) in [6.45, 7) is 1.93. The molecule has 0 bridgehead atoms. The summed E-state index contributed by atoms with van der Waals surface area (Å²) in [5.74, 6) is -1.28. The molecule has 2 N–H and O–H groups in total. The van der Waals surface area contributed by atoms with Crippen molar-refractivity contribution < 1.29 is 9.90 Å². The molecule has 2 rings (SSSR count). The van der Waals surface area contributed by atoms with E-state index in [1.165, 1.54) is 11.8 Å². The van der Waals surface area contributed by atoms with Crippen LogP contribution in [0.2, 0.25) is 0 Å². The van der Waals surface area contributed by atoms with Crippen LogP contribution in [0, 0.1) is 6.92 Å². The minimum atomic E-state index is -1.28. The fraction of sp³-hybridized carbons (Fsp3) is 0.154. The number of rotatable bonds is 3. The van der Waals surface area contributed by atoms with Crippen molar-refractivity contribution in [1.82, 2.24) is 9.97 Å². The third-order valence-electron chi connectivity index (χ3n) is 2.63. The van der Waals surface area contributed by atoms with Crippen LogP contribution < -0.4 is 5.56 Å². The average Bonchev–Trinajstić information content (AvgIpc) is 2.38. The van der Waals surface area contributed by atoms with Crippen LogP contribution in [-0.2, 0) is 0 Å². The topological polar surface area (TPSA) is 83.0 Å². The molecular weight excluding hydrogens is 264 g/mol. The van der Waals surface area contributed by atoms with Gasteiger partial charge in [0.15, 0.2) is 10.7 Å². The number of aromatic nitrogens is 2. The predicted molar refractivity (Wildman–Crippen MR) is 73.8 cm³/mol. The molecule has 6 heteroatoms. The Bertz CT molecular complexity index is 677. The number of aromatic amines is 1. The summed E-state index contributed by atoms with van der Waals surface area (Å²) in [6.07, 6.45) is 1.76. The minimum absolute atomic E-state index is 0.195. The van der Waals surface area contributed by atoms with Gasteiger partial charge in [0.05, 0.1) is 5.69 Å². The molecule has 19 heavy (non-hydrogen) atoms. The van der Waals surface area contributed by atoms with Crippen molar-refractivity contribution in [2.24, 2.45) is 0 Å². The van der Waals surface area contributed by atoms with Gasteiger partial charge in [-0.2, -0.15) is 0 Å². The molecule has 5 nitrogen and oxygen atoms in total. The number of aromatic carboxylic acids is 1. The van der Waals surface area contributed by atoms with Gasteiger partial charge >= 0.3 is 5.97 Å². The van der Waals surface area contributed by atoms with Gasteiger partial charge in [0.2, 0.25) is 0 Å². The standard InChI is InChI=1S/C13H12N2O3S/c1-7-3-5-8(6-4-7)10-9(12(17)18)11(16)15-13(14-10)19-2/h3-6H,1-2H3,(H,17,18)(H,14,15,16). The van der Waals surface area contributed by atoms with Crippen LogP contribution in [0.1, 0.15) is 15.9 Å². The normalized spacial score (nSPS) is 10.4. The summed E-state index contributed by atoms with van der Waals surface area (Å²) in [7, 11) is 0. The minimum Gasteiger partial charge on any atom is -0.477 e. The van der Waals surface area contributed by atoms with E-state index in [-0.39, 0.29) is 11.3 Å². The van der Waals surface area contributed by atoms with Crippen molar-refractivity contribution in [2.75, 3.05) is 6.26 Å². The van der Waals surface area contributed by atoms with Crippen molar-refractivity contribution in [3.8, 4) is 11.3 Å². The maximum absolute atomic E-state index is 11.8. The van der Waals surface area contributed by atoms with Crippen LogP contribution >= 0.6 is 11.8 Å². The first-order valence-corrected chi connectivity index (χ1v) is 6.74. The van der Waals surface area contributed by atoms with Crippen molar-refractivity contribution in [1.29, 1.82) is 0 Å². The lowest BCUT2D eigenvalue weighted by molar-refractivity contribution is 0.0695. The fourth-order valence-electron chi connectivity index (χ4n) is 1.67. The molecule has 98 valence electrons. The lowest BCUT2D eigenvalue weighted by atomic mass is 10.1. The fourth-order valence-corrected chi connectivity index (χ4v) is 2.05. The van der Waals surface area contributed by atoms with Gasteiger partial charge in [-0.25, -0.2) is 9.78 Å². The third-order valence-corrected chi connectivity index (χ3v) is 3.21. The number of nitrogens with one attached hydrogen (secondary N) is 1. The Hall–Kier alpha value is -2.08. The zero-order chi connectivity index (χ0) is 14.0. The Morgan fingerprint density at radius 3 is 2.47 bits per heavy atom. The Kier molecular flexibility index (Phi) is 3.71. The van der Waals surface area contributed by atoms with Crippen LogP contribution in [0.3, 0.4) is 0 Å². The summed E-state index contributed by atoms with van der Waals surface area (Å²) < 4.78 is 0. The molecule has 0 amide bonds. The van der Waals surface area contributed by atoms with Crippen molar-refractivity contribution >= 4 is 17.7 Å². The van der Waals surface area contributed by atoms with Crippen LogP contribution in [0.25, 0.3) is 11.3 Å². The number of carboxylic acid groups (broad SMARTS) is 1. The first-order chi connectivity index (χ1) is 9.02. The van der Waals surface area contributed by atoms with Gasteiger partial charge in [0.1, 0.15) is 0 Å².